The van der Waals surface area contributed by atoms with Gasteiger partial charge in [0.2, 0.25) is 11.8 Å². The molecule has 2 amide bonds. The quantitative estimate of drug-likeness (QED) is 0.741. The number of benzene rings is 1. The number of guanidine groups is 1. The van der Waals surface area contributed by atoms with Crippen molar-refractivity contribution in [1.82, 2.24) is 10.2 Å². The van der Waals surface area contributed by atoms with Gasteiger partial charge in [0.1, 0.15) is 11.4 Å². The summed E-state index contributed by atoms with van der Waals surface area (Å²) in [5.74, 6) is 0.932. The molecule has 3 aliphatic rings. The monoisotopic (exact) mass is 446 g/mol. The summed E-state index contributed by atoms with van der Waals surface area (Å²) in [5, 5.41) is 3.86. The molecular weight excluding hydrogens is 416 g/mol. The Morgan fingerprint density at radius 1 is 1.35 bits per heavy atom. The van der Waals surface area contributed by atoms with Gasteiger partial charge in [0.05, 0.1) is 18.0 Å². The zero-order valence-electron chi connectivity index (χ0n) is 18.8. The van der Waals surface area contributed by atoms with Gasteiger partial charge in [-0.15, -0.1) is 0 Å². The van der Waals surface area contributed by atoms with Crippen LogP contribution in [0.3, 0.4) is 0 Å². The van der Waals surface area contributed by atoms with Crippen LogP contribution >= 0.6 is 11.6 Å². The van der Waals surface area contributed by atoms with E-state index in [1.807, 2.05) is 46.8 Å². The van der Waals surface area contributed by atoms with Crippen molar-refractivity contribution in [3.8, 4) is 5.75 Å². The lowest BCUT2D eigenvalue weighted by atomic mass is 9.89. The summed E-state index contributed by atoms with van der Waals surface area (Å²) in [4.78, 5) is 31.4. The Kier molecular flexibility index (Phi) is 5.23. The number of hydrogen-bond acceptors (Lipinski definition) is 5. The molecule has 7 nitrogen and oxygen atoms in total. The predicted octanol–water partition coefficient (Wildman–Crippen LogP) is 3.33. The second kappa shape index (κ2) is 7.40. The van der Waals surface area contributed by atoms with Crippen molar-refractivity contribution in [2.24, 2.45) is 22.6 Å². The third kappa shape index (κ3) is 4.52. The van der Waals surface area contributed by atoms with Crippen molar-refractivity contribution < 1.29 is 14.3 Å². The smallest absolute Gasteiger partial charge is 0.231 e. The second-order valence-corrected chi connectivity index (χ2v) is 10.7. The Hall–Kier alpha value is -2.28. The number of carbonyl (C=O) groups is 2. The summed E-state index contributed by atoms with van der Waals surface area (Å²) in [5.41, 5.74) is 7.01. The number of nitrogens with two attached hydrogens (primary N) is 1. The van der Waals surface area contributed by atoms with Crippen molar-refractivity contribution in [1.29, 1.82) is 0 Å². The number of fused-ring (bicyclic) bond motifs is 1. The molecule has 1 aromatic rings. The van der Waals surface area contributed by atoms with Crippen LogP contribution < -0.4 is 15.8 Å². The van der Waals surface area contributed by atoms with Gasteiger partial charge >= 0.3 is 0 Å². The van der Waals surface area contributed by atoms with E-state index in [9.17, 15) is 9.59 Å². The molecule has 0 aromatic heterocycles. The first-order valence-corrected chi connectivity index (χ1v) is 11.2. The number of hydrogen-bond donors (Lipinski definition) is 2. The van der Waals surface area contributed by atoms with Crippen LogP contribution in [0.25, 0.3) is 0 Å². The molecule has 0 unspecified atom stereocenters. The van der Waals surface area contributed by atoms with Gasteiger partial charge in [-0.05, 0) is 64.7 Å². The van der Waals surface area contributed by atoms with E-state index >= 15 is 0 Å². The maximum atomic E-state index is 13.0. The number of nitrogens with zero attached hydrogens (tertiary/aromatic N) is 2. The zero-order valence-corrected chi connectivity index (χ0v) is 19.5. The molecule has 3 N–H and O–H groups in total. The summed E-state index contributed by atoms with van der Waals surface area (Å²) in [6.07, 6.45) is 1.72. The molecule has 8 heteroatoms. The number of aryl methyl sites for hydroxylation is 1. The van der Waals surface area contributed by atoms with Gasteiger partial charge in [-0.25, -0.2) is 4.99 Å². The molecule has 0 radical (unpaired) electrons. The lowest BCUT2D eigenvalue weighted by molar-refractivity contribution is -0.130. The van der Waals surface area contributed by atoms with E-state index < -0.39 is 11.1 Å². The minimum absolute atomic E-state index is 0.00403. The molecule has 0 saturated heterocycles. The Morgan fingerprint density at radius 3 is 2.74 bits per heavy atom. The SMILES string of the molecule is Cc1cc2c(cc1Cl)[C@@H](NC(=O)[C@H]1C[C@@H]1CN1C(=O)CC(C)(C)N=C1N)CC(C)(C)O2. The topological polar surface area (TPSA) is 97.0 Å². The summed E-state index contributed by atoms with van der Waals surface area (Å²) < 4.78 is 6.12. The summed E-state index contributed by atoms with van der Waals surface area (Å²) in [6.45, 7) is 10.2. The van der Waals surface area contributed by atoms with E-state index in [0.29, 0.717) is 24.4 Å². The van der Waals surface area contributed by atoms with Gasteiger partial charge in [-0.3, -0.25) is 14.5 Å². The number of aliphatic imine (C=N–C) groups is 1. The molecule has 0 spiro atoms. The third-order valence-electron chi connectivity index (χ3n) is 6.32. The number of ether oxygens (including phenoxy) is 1. The van der Waals surface area contributed by atoms with Crippen molar-refractivity contribution in [3.63, 3.8) is 0 Å². The van der Waals surface area contributed by atoms with Gasteiger partial charge in [0.15, 0.2) is 5.96 Å². The molecule has 0 bridgehead atoms. The van der Waals surface area contributed by atoms with Crippen LogP contribution in [-0.4, -0.2) is 40.4 Å². The van der Waals surface area contributed by atoms with Crippen molar-refractivity contribution in [2.45, 2.75) is 71.1 Å². The first-order chi connectivity index (χ1) is 14.3. The van der Waals surface area contributed by atoms with Gasteiger partial charge in [-0.2, -0.15) is 0 Å². The summed E-state index contributed by atoms with van der Waals surface area (Å²) in [7, 11) is 0. The average molecular weight is 447 g/mol. The van der Waals surface area contributed by atoms with Crippen LogP contribution in [0.5, 0.6) is 5.75 Å². The Morgan fingerprint density at radius 2 is 2.06 bits per heavy atom. The Labute approximate surface area is 188 Å². The van der Waals surface area contributed by atoms with Crippen LogP contribution in [-0.2, 0) is 9.59 Å². The highest BCUT2D eigenvalue weighted by Crippen LogP contribution is 2.44. The standard InChI is InChI=1S/C23H31ClN4O3/c1-12-6-18-15(8-16(12)24)17(9-23(4,5)31-18)26-20(30)14-7-13(14)11-28-19(29)10-22(2,3)27-21(28)25/h6,8,13-14,17H,7,9-11H2,1-5H3,(H2,25,27)(H,26,30)/t13-,14+,17+/m1/s1. The van der Waals surface area contributed by atoms with E-state index in [2.05, 4.69) is 10.3 Å². The van der Waals surface area contributed by atoms with Crippen LogP contribution in [0.4, 0.5) is 0 Å². The molecule has 3 atom stereocenters. The van der Waals surface area contributed by atoms with E-state index in [-0.39, 0.29) is 35.7 Å². The first kappa shape index (κ1) is 21.9. The summed E-state index contributed by atoms with van der Waals surface area (Å²) >= 11 is 6.34. The van der Waals surface area contributed by atoms with E-state index in [4.69, 9.17) is 22.1 Å². The molecule has 1 fully saturated rings. The maximum absolute atomic E-state index is 13.0. The fraction of sp³-hybridized carbons (Fsp3) is 0.609. The highest BCUT2D eigenvalue weighted by molar-refractivity contribution is 6.31. The fourth-order valence-electron chi connectivity index (χ4n) is 4.58. The Balaban J connectivity index is 1.43. The zero-order chi connectivity index (χ0) is 22.7. The van der Waals surface area contributed by atoms with Crippen LogP contribution in [0.2, 0.25) is 5.02 Å². The normalized spacial score (nSPS) is 28.3. The summed E-state index contributed by atoms with van der Waals surface area (Å²) in [6, 6.07) is 3.65. The highest BCUT2D eigenvalue weighted by Gasteiger charge is 2.47. The number of rotatable bonds is 4. The number of amides is 2. The maximum Gasteiger partial charge on any atom is 0.231 e. The minimum Gasteiger partial charge on any atom is -0.487 e. The molecule has 1 aliphatic carbocycles. The minimum atomic E-state index is -0.471. The van der Waals surface area contributed by atoms with Crippen LogP contribution in [0.1, 0.15) is 64.1 Å². The molecule has 31 heavy (non-hydrogen) atoms. The van der Waals surface area contributed by atoms with Gasteiger partial charge in [-0.1, -0.05) is 11.6 Å². The average Bonchev–Trinajstić information content (AvgIpc) is 3.38. The predicted molar refractivity (Wildman–Crippen MR) is 120 cm³/mol. The fourth-order valence-corrected chi connectivity index (χ4v) is 4.76. The van der Waals surface area contributed by atoms with E-state index in [1.165, 1.54) is 4.90 Å². The van der Waals surface area contributed by atoms with Crippen molar-refractivity contribution in [2.75, 3.05) is 6.54 Å². The molecule has 2 aliphatic heterocycles. The molecule has 1 aromatic carbocycles. The number of nitrogens with one attached hydrogen (secondary N) is 1. The molecule has 2 heterocycles. The second-order valence-electron chi connectivity index (χ2n) is 10.3. The molecular formula is C23H31ClN4O3. The van der Waals surface area contributed by atoms with Crippen LogP contribution in [0.15, 0.2) is 17.1 Å². The van der Waals surface area contributed by atoms with Gasteiger partial charge in [0.25, 0.3) is 0 Å². The molecule has 1 saturated carbocycles. The highest BCUT2D eigenvalue weighted by atomic mass is 35.5. The van der Waals surface area contributed by atoms with Gasteiger partial charge < -0.3 is 15.8 Å². The number of halogens is 1. The van der Waals surface area contributed by atoms with E-state index in [1.54, 1.807) is 0 Å². The van der Waals surface area contributed by atoms with E-state index in [0.717, 1.165) is 23.3 Å². The molecule has 168 valence electrons. The number of carbonyl (C=O) groups excluding carboxylic acids is 2. The lowest BCUT2D eigenvalue weighted by Gasteiger charge is -2.38. The lowest BCUT2D eigenvalue weighted by Crippen LogP contribution is -2.50. The van der Waals surface area contributed by atoms with Gasteiger partial charge in [0, 0.05) is 29.5 Å². The molecule has 4 rings (SSSR count). The Bertz CT molecular complexity index is 972. The third-order valence-corrected chi connectivity index (χ3v) is 6.73. The first-order valence-electron chi connectivity index (χ1n) is 10.8. The largest absolute Gasteiger partial charge is 0.487 e. The van der Waals surface area contributed by atoms with Crippen molar-refractivity contribution >= 4 is 29.4 Å². The van der Waals surface area contributed by atoms with Crippen LogP contribution in [0, 0.1) is 18.8 Å². The van der Waals surface area contributed by atoms with Crippen molar-refractivity contribution in [3.05, 3.63) is 28.3 Å².